The minimum absolute atomic E-state index is 0.0745. The maximum atomic E-state index is 12.3. The van der Waals surface area contributed by atoms with Crippen molar-refractivity contribution in [1.82, 2.24) is 0 Å². The van der Waals surface area contributed by atoms with E-state index in [1.54, 1.807) is 55.6 Å². The summed E-state index contributed by atoms with van der Waals surface area (Å²) in [5, 5.41) is 2.78. The number of methoxy groups -OCH3 is 1. The average molecular weight is 342 g/mol. The molecule has 0 heterocycles. The molecule has 0 aliphatic carbocycles. The summed E-state index contributed by atoms with van der Waals surface area (Å²) in [4.78, 5) is 25.6. The van der Waals surface area contributed by atoms with Crippen LogP contribution >= 0.6 is 0 Å². The van der Waals surface area contributed by atoms with Crippen LogP contribution in [0.2, 0.25) is 0 Å². The van der Waals surface area contributed by atoms with Gasteiger partial charge in [-0.1, -0.05) is 0 Å². The molecule has 2 aromatic rings. The number of benzene rings is 2. The van der Waals surface area contributed by atoms with Crippen LogP contribution in [0.1, 0.15) is 13.8 Å². The first-order chi connectivity index (χ1) is 12.0. The van der Waals surface area contributed by atoms with E-state index >= 15 is 0 Å². The number of rotatable bonds is 7. The lowest BCUT2D eigenvalue weighted by atomic mass is 10.2. The average Bonchev–Trinajstić information content (AvgIpc) is 2.61. The Morgan fingerprint density at radius 1 is 1.00 bits per heavy atom. The molecule has 0 unspecified atom stereocenters. The van der Waals surface area contributed by atoms with Gasteiger partial charge in [-0.3, -0.25) is 9.59 Å². The lowest BCUT2D eigenvalue weighted by Crippen LogP contribution is -2.36. The van der Waals surface area contributed by atoms with Gasteiger partial charge in [0.1, 0.15) is 18.0 Å². The summed E-state index contributed by atoms with van der Waals surface area (Å²) in [5.74, 6) is 0.928. The topological polar surface area (TPSA) is 67.9 Å². The SMILES string of the molecule is CCOc1ccc(NC(=O)CN(C(C)=O)c2ccc(OC)cc2)cc1. The summed E-state index contributed by atoms with van der Waals surface area (Å²) in [6.07, 6.45) is 0. The largest absolute Gasteiger partial charge is 0.497 e. The molecule has 2 amide bonds. The first kappa shape index (κ1) is 18.3. The summed E-state index contributed by atoms with van der Waals surface area (Å²) in [6.45, 7) is 3.84. The maximum Gasteiger partial charge on any atom is 0.244 e. The zero-order chi connectivity index (χ0) is 18.2. The molecule has 0 radical (unpaired) electrons. The second kappa shape index (κ2) is 8.73. The van der Waals surface area contributed by atoms with Gasteiger partial charge in [0.2, 0.25) is 11.8 Å². The third-order valence-electron chi connectivity index (χ3n) is 3.52. The molecule has 0 saturated carbocycles. The Morgan fingerprint density at radius 3 is 2.12 bits per heavy atom. The van der Waals surface area contributed by atoms with Crippen molar-refractivity contribution in [3.8, 4) is 11.5 Å². The fourth-order valence-electron chi connectivity index (χ4n) is 2.29. The number of anilines is 2. The van der Waals surface area contributed by atoms with Gasteiger partial charge in [-0.05, 0) is 55.5 Å². The van der Waals surface area contributed by atoms with Crippen LogP contribution < -0.4 is 19.7 Å². The van der Waals surface area contributed by atoms with Crippen LogP contribution in [0.4, 0.5) is 11.4 Å². The Hall–Kier alpha value is -3.02. The van der Waals surface area contributed by atoms with Gasteiger partial charge in [-0.15, -0.1) is 0 Å². The Kier molecular flexibility index (Phi) is 6.39. The van der Waals surface area contributed by atoms with Crippen molar-refractivity contribution in [2.24, 2.45) is 0 Å². The molecule has 6 heteroatoms. The third kappa shape index (κ3) is 5.24. The highest BCUT2D eigenvalue weighted by molar-refractivity contribution is 6.01. The molecule has 0 saturated heterocycles. The molecular weight excluding hydrogens is 320 g/mol. The lowest BCUT2D eigenvalue weighted by molar-refractivity contribution is -0.120. The third-order valence-corrected chi connectivity index (χ3v) is 3.52. The van der Waals surface area contributed by atoms with Crippen molar-refractivity contribution in [1.29, 1.82) is 0 Å². The van der Waals surface area contributed by atoms with E-state index < -0.39 is 0 Å². The number of amides is 2. The molecule has 1 N–H and O–H groups in total. The van der Waals surface area contributed by atoms with Crippen LogP contribution in [-0.4, -0.2) is 32.1 Å². The van der Waals surface area contributed by atoms with E-state index in [9.17, 15) is 9.59 Å². The number of carbonyl (C=O) groups is 2. The van der Waals surface area contributed by atoms with Gasteiger partial charge >= 0.3 is 0 Å². The van der Waals surface area contributed by atoms with Gasteiger partial charge in [0.25, 0.3) is 0 Å². The number of carbonyl (C=O) groups excluding carboxylic acids is 2. The molecule has 0 fully saturated rings. The molecule has 25 heavy (non-hydrogen) atoms. The standard InChI is InChI=1S/C19H22N2O4/c1-4-25-18-9-5-15(6-10-18)20-19(23)13-21(14(2)22)16-7-11-17(24-3)12-8-16/h5-12H,4,13H2,1-3H3,(H,20,23). The second-order valence-electron chi connectivity index (χ2n) is 5.31. The zero-order valence-corrected chi connectivity index (χ0v) is 14.6. The van der Waals surface area contributed by atoms with E-state index in [4.69, 9.17) is 9.47 Å². The number of hydrogen-bond donors (Lipinski definition) is 1. The van der Waals surface area contributed by atoms with Gasteiger partial charge < -0.3 is 19.7 Å². The number of hydrogen-bond acceptors (Lipinski definition) is 4. The highest BCUT2D eigenvalue weighted by atomic mass is 16.5. The summed E-state index contributed by atoms with van der Waals surface area (Å²) in [6, 6.07) is 14.1. The van der Waals surface area contributed by atoms with E-state index in [1.165, 1.54) is 11.8 Å². The predicted octanol–water partition coefficient (Wildman–Crippen LogP) is 3.09. The zero-order valence-electron chi connectivity index (χ0n) is 14.6. The van der Waals surface area contributed by atoms with Crippen LogP contribution in [-0.2, 0) is 9.59 Å². The molecule has 0 aromatic heterocycles. The van der Waals surface area contributed by atoms with Crippen molar-refractivity contribution in [2.45, 2.75) is 13.8 Å². The quantitative estimate of drug-likeness (QED) is 0.840. The smallest absolute Gasteiger partial charge is 0.244 e. The van der Waals surface area contributed by atoms with E-state index in [0.717, 1.165) is 5.75 Å². The highest BCUT2D eigenvalue weighted by Gasteiger charge is 2.16. The van der Waals surface area contributed by atoms with Crippen molar-refractivity contribution in [3.05, 3.63) is 48.5 Å². The van der Waals surface area contributed by atoms with E-state index in [-0.39, 0.29) is 18.4 Å². The monoisotopic (exact) mass is 342 g/mol. The molecule has 2 aromatic carbocycles. The molecule has 0 aliphatic rings. The first-order valence-corrected chi connectivity index (χ1v) is 7.98. The molecule has 0 aliphatic heterocycles. The van der Waals surface area contributed by atoms with Crippen LogP contribution in [0.15, 0.2) is 48.5 Å². The van der Waals surface area contributed by atoms with E-state index in [1.807, 2.05) is 6.92 Å². The van der Waals surface area contributed by atoms with Crippen molar-refractivity contribution < 1.29 is 19.1 Å². The predicted molar refractivity (Wildman–Crippen MR) is 97.3 cm³/mol. The summed E-state index contributed by atoms with van der Waals surface area (Å²) in [7, 11) is 1.57. The number of ether oxygens (including phenoxy) is 2. The summed E-state index contributed by atoms with van der Waals surface area (Å²) in [5.41, 5.74) is 1.28. The Balaban J connectivity index is 2.03. The normalized spacial score (nSPS) is 10.0. The van der Waals surface area contributed by atoms with Crippen molar-refractivity contribution in [2.75, 3.05) is 30.5 Å². The van der Waals surface area contributed by atoms with E-state index in [2.05, 4.69) is 5.32 Å². The number of nitrogens with one attached hydrogen (secondary N) is 1. The van der Waals surface area contributed by atoms with E-state index in [0.29, 0.717) is 23.7 Å². The van der Waals surface area contributed by atoms with Crippen LogP contribution in [0.3, 0.4) is 0 Å². The molecule has 0 atom stereocenters. The highest BCUT2D eigenvalue weighted by Crippen LogP contribution is 2.20. The van der Waals surface area contributed by atoms with Gasteiger partial charge in [-0.2, -0.15) is 0 Å². The van der Waals surface area contributed by atoms with Crippen LogP contribution in [0.25, 0.3) is 0 Å². The van der Waals surface area contributed by atoms with Crippen LogP contribution in [0, 0.1) is 0 Å². The summed E-state index contributed by atoms with van der Waals surface area (Å²) >= 11 is 0. The molecule has 2 rings (SSSR count). The van der Waals surface area contributed by atoms with Gasteiger partial charge in [-0.25, -0.2) is 0 Å². The maximum absolute atomic E-state index is 12.3. The second-order valence-corrected chi connectivity index (χ2v) is 5.31. The summed E-state index contributed by atoms with van der Waals surface area (Å²) < 4.78 is 10.5. The number of nitrogens with zero attached hydrogens (tertiary/aromatic N) is 1. The van der Waals surface area contributed by atoms with Gasteiger partial charge in [0, 0.05) is 18.3 Å². The van der Waals surface area contributed by atoms with Crippen molar-refractivity contribution in [3.63, 3.8) is 0 Å². The van der Waals surface area contributed by atoms with Gasteiger partial charge in [0.15, 0.2) is 0 Å². The van der Waals surface area contributed by atoms with Crippen LogP contribution in [0.5, 0.6) is 11.5 Å². The Labute approximate surface area is 147 Å². The molecule has 0 spiro atoms. The van der Waals surface area contributed by atoms with Crippen molar-refractivity contribution >= 4 is 23.2 Å². The Bertz CT molecular complexity index is 711. The molecule has 0 bridgehead atoms. The fourth-order valence-corrected chi connectivity index (χ4v) is 2.29. The fraction of sp³-hybridized carbons (Fsp3) is 0.263. The first-order valence-electron chi connectivity index (χ1n) is 7.98. The molecular formula is C19H22N2O4. The minimum Gasteiger partial charge on any atom is -0.497 e. The molecule has 6 nitrogen and oxygen atoms in total. The van der Waals surface area contributed by atoms with Gasteiger partial charge in [0.05, 0.1) is 13.7 Å². The Morgan fingerprint density at radius 2 is 1.60 bits per heavy atom. The minimum atomic E-state index is -0.282. The lowest BCUT2D eigenvalue weighted by Gasteiger charge is -2.21. The molecule has 132 valence electrons.